The van der Waals surface area contributed by atoms with Gasteiger partial charge >= 0.3 is 0 Å². The Labute approximate surface area is 191 Å². The lowest BCUT2D eigenvalue weighted by atomic mass is 10.2. The van der Waals surface area contributed by atoms with Crippen LogP contribution in [0.3, 0.4) is 0 Å². The summed E-state index contributed by atoms with van der Waals surface area (Å²) in [5, 5.41) is 14.2. The molecule has 2 fully saturated rings. The Kier molecular flexibility index (Phi) is 5.58. The summed E-state index contributed by atoms with van der Waals surface area (Å²) in [5.41, 5.74) is 3.20. The van der Waals surface area contributed by atoms with E-state index in [0.717, 1.165) is 66.0 Å². The van der Waals surface area contributed by atoms with E-state index in [2.05, 4.69) is 21.2 Å². The van der Waals surface area contributed by atoms with E-state index in [4.69, 9.17) is 33.2 Å². The van der Waals surface area contributed by atoms with Crippen molar-refractivity contribution in [3.8, 4) is 6.07 Å². The van der Waals surface area contributed by atoms with Crippen molar-refractivity contribution in [3.05, 3.63) is 57.6 Å². The molecule has 0 spiro atoms. The predicted octanol–water partition coefficient (Wildman–Crippen LogP) is 4.70. The topological polar surface area (TPSA) is 68.1 Å². The van der Waals surface area contributed by atoms with Crippen molar-refractivity contribution in [2.75, 3.05) is 36.4 Å². The molecule has 0 atom stereocenters. The van der Waals surface area contributed by atoms with Gasteiger partial charge in [-0.2, -0.15) is 5.26 Å². The zero-order valence-electron chi connectivity index (χ0n) is 17.0. The van der Waals surface area contributed by atoms with Gasteiger partial charge in [0.15, 0.2) is 11.6 Å². The second kappa shape index (κ2) is 8.51. The number of halogens is 2. The zero-order chi connectivity index (χ0) is 21.4. The standard InChI is InChI=1S/C23H22Cl2N6/c24-17-2-5-19(25)16(12-17)14-30-7-9-31(10-8-30)23-22(27-18-3-4-18)28-20-6-1-15(13-26)11-21(20)29-23/h1-2,5-6,11-12,18H,3-4,7-10,14H2,(H,27,28). The summed E-state index contributed by atoms with van der Waals surface area (Å²) in [6.07, 6.45) is 2.33. The molecule has 0 bridgehead atoms. The average Bonchev–Trinajstić information content (AvgIpc) is 3.60. The van der Waals surface area contributed by atoms with Crippen LogP contribution in [0, 0.1) is 11.3 Å². The number of hydrogen-bond acceptors (Lipinski definition) is 6. The first-order chi connectivity index (χ1) is 15.1. The third-order valence-corrected chi connectivity index (χ3v) is 6.37. The molecule has 158 valence electrons. The van der Waals surface area contributed by atoms with Gasteiger partial charge in [0.1, 0.15) is 0 Å². The highest BCUT2D eigenvalue weighted by Crippen LogP contribution is 2.32. The van der Waals surface area contributed by atoms with Crippen LogP contribution in [0.15, 0.2) is 36.4 Å². The van der Waals surface area contributed by atoms with Crippen molar-refractivity contribution in [3.63, 3.8) is 0 Å². The fourth-order valence-corrected chi connectivity index (χ4v) is 4.25. The molecule has 1 aliphatic carbocycles. The third kappa shape index (κ3) is 4.54. The lowest BCUT2D eigenvalue weighted by molar-refractivity contribution is 0.249. The molecule has 1 aromatic heterocycles. The van der Waals surface area contributed by atoms with Crippen LogP contribution in [0.1, 0.15) is 24.0 Å². The second-order valence-corrected chi connectivity index (χ2v) is 8.97. The summed E-state index contributed by atoms with van der Waals surface area (Å²) in [6, 6.07) is 13.7. The summed E-state index contributed by atoms with van der Waals surface area (Å²) in [4.78, 5) is 14.4. The SMILES string of the molecule is N#Cc1ccc2nc(NC3CC3)c(N3CCN(Cc4cc(Cl)ccc4Cl)CC3)nc2c1. The van der Waals surface area contributed by atoms with Crippen molar-refractivity contribution in [1.29, 1.82) is 5.26 Å². The number of nitriles is 1. The predicted molar refractivity (Wildman–Crippen MR) is 125 cm³/mol. The van der Waals surface area contributed by atoms with Gasteiger partial charge in [0, 0.05) is 48.8 Å². The average molecular weight is 453 g/mol. The first-order valence-electron chi connectivity index (χ1n) is 10.5. The minimum Gasteiger partial charge on any atom is -0.364 e. The van der Waals surface area contributed by atoms with Crippen LogP contribution in [0.5, 0.6) is 0 Å². The van der Waals surface area contributed by atoms with Gasteiger partial charge in [0.2, 0.25) is 0 Å². The number of anilines is 2. The van der Waals surface area contributed by atoms with Crippen molar-refractivity contribution in [2.24, 2.45) is 0 Å². The molecule has 2 heterocycles. The molecule has 1 N–H and O–H groups in total. The van der Waals surface area contributed by atoms with Gasteiger partial charge in [-0.15, -0.1) is 0 Å². The fraction of sp³-hybridized carbons (Fsp3) is 0.348. The van der Waals surface area contributed by atoms with Crippen molar-refractivity contribution in [2.45, 2.75) is 25.4 Å². The van der Waals surface area contributed by atoms with Crippen LogP contribution in [-0.2, 0) is 6.54 Å². The molecule has 1 aliphatic heterocycles. The summed E-state index contributed by atoms with van der Waals surface area (Å²) in [5.74, 6) is 1.71. The Hall–Kier alpha value is -2.59. The van der Waals surface area contributed by atoms with Crippen LogP contribution in [0.25, 0.3) is 11.0 Å². The Balaban J connectivity index is 1.36. The van der Waals surface area contributed by atoms with E-state index in [1.54, 1.807) is 6.07 Å². The molecule has 0 radical (unpaired) electrons. The van der Waals surface area contributed by atoms with Crippen molar-refractivity contribution in [1.82, 2.24) is 14.9 Å². The highest BCUT2D eigenvalue weighted by atomic mass is 35.5. The number of piperazine rings is 1. The van der Waals surface area contributed by atoms with Gasteiger partial charge in [-0.1, -0.05) is 23.2 Å². The van der Waals surface area contributed by atoms with Gasteiger partial charge in [0.25, 0.3) is 0 Å². The molecule has 1 saturated heterocycles. The van der Waals surface area contributed by atoms with Gasteiger partial charge in [-0.25, -0.2) is 9.97 Å². The quantitative estimate of drug-likeness (QED) is 0.604. The van der Waals surface area contributed by atoms with Gasteiger partial charge < -0.3 is 10.2 Å². The molecule has 2 aliphatic rings. The molecule has 2 aromatic carbocycles. The monoisotopic (exact) mass is 452 g/mol. The number of rotatable bonds is 5. The molecule has 0 amide bonds. The molecule has 31 heavy (non-hydrogen) atoms. The Morgan fingerprint density at radius 2 is 1.81 bits per heavy atom. The maximum atomic E-state index is 9.24. The van der Waals surface area contributed by atoms with Crippen molar-refractivity contribution >= 4 is 45.9 Å². The molecule has 8 heteroatoms. The highest BCUT2D eigenvalue weighted by molar-refractivity contribution is 6.33. The second-order valence-electron chi connectivity index (χ2n) is 8.13. The number of fused-ring (bicyclic) bond motifs is 1. The summed E-state index contributed by atoms with van der Waals surface area (Å²) in [7, 11) is 0. The normalized spacial score (nSPS) is 17.0. The molecule has 3 aromatic rings. The van der Waals surface area contributed by atoms with Crippen molar-refractivity contribution < 1.29 is 0 Å². The number of aromatic nitrogens is 2. The van der Waals surface area contributed by atoms with Crippen LogP contribution in [0.4, 0.5) is 11.6 Å². The number of nitrogens with zero attached hydrogens (tertiary/aromatic N) is 5. The number of benzene rings is 2. The Bertz CT molecular complexity index is 1160. The van der Waals surface area contributed by atoms with Crippen LogP contribution >= 0.6 is 23.2 Å². The third-order valence-electron chi connectivity index (χ3n) is 5.77. The summed E-state index contributed by atoms with van der Waals surface area (Å²) in [6.45, 7) is 4.24. The lowest BCUT2D eigenvalue weighted by Gasteiger charge is -2.36. The largest absolute Gasteiger partial charge is 0.364 e. The smallest absolute Gasteiger partial charge is 0.172 e. The van der Waals surface area contributed by atoms with Crippen LogP contribution in [-0.4, -0.2) is 47.1 Å². The Morgan fingerprint density at radius 1 is 1.00 bits per heavy atom. The first-order valence-corrected chi connectivity index (χ1v) is 11.2. The van der Waals surface area contributed by atoms with Crippen LogP contribution < -0.4 is 10.2 Å². The van der Waals surface area contributed by atoms with E-state index in [1.807, 2.05) is 30.3 Å². The van der Waals surface area contributed by atoms with Gasteiger partial charge in [0.05, 0.1) is 22.7 Å². The first kappa shape index (κ1) is 20.3. The number of hydrogen-bond donors (Lipinski definition) is 1. The van der Waals surface area contributed by atoms with Crippen LogP contribution in [0.2, 0.25) is 10.0 Å². The Morgan fingerprint density at radius 3 is 2.55 bits per heavy atom. The number of nitrogens with one attached hydrogen (secondary N) is 1. The van der Waals surface area contributed by atoms with Gasteiger partial charge in [-0.3, -0.25) is 4.90 Å². The molecular weight excluding hydrogens is 431 g/mol. The summed E-state index contributed by atoms with van der Waals surface area (Å²) >= 11 is 12.5. The molecule has 0 unspecified atom stereocenters. The minimum atomic E-state index is 0.482. The van der Waals surface area contributed by atoms with E-state index in [9.17, 15) is 5.26 Å². The fourth-order valence-electron chi connectivity index (χ4n) is 3.88. The zero-order valence-corrected chi connectivity index (χ0v) is 18.5. The maximum absolute atomic E-state index is 9.24. The minimum absolute atomic E-state index is 0.482. The summed E-state index contributed by atoms with van der Waals surface area (Å²) < 4.78 is 0. The van der Waals surface area contributed by atoms with E-state index in [0.29, 0.717) is 16.6 Å². The van der Waals surface area contributed by atoms with E-state index in [1.165, 1.54) is 12.8 Å². The lowest BCUT2D eigenvalue weighted by Crippen LogP contribution is -2.46. The van der Waals surface area contributed by atoms with E-state index < -0.39 is 0 Å². The molecular formula is C23H22Cl2N6. The van der Waals surface area contributed by atoms with E-state index in [-0.39, 0.29) is 0 Å². The molecule has 1 saturated carbocycles. The molecule has 6 nitrogen and oxygen atoms in total. The van der Waals surface area contributed by atoms with E-state index >= 15 is 0 Å². The maximum Gasteiger partial charge on any atom is 0.172 e. The van der Waals surface area contributed by atoms with Gasteiger partial charge in [-0.05, 0) is 54.8 Å². The molecule has 5 rings (SSSR count). The highest BCUT2D eigenvalue weighted by Gasteiger charge is 2.27.